The lowest BCUT2D eigenvalue weighted by molar-refractivity contribution is -0.117. The molecule has 2 aromatic rings. The van der Waals surface area contributed by atoms with Gasteiger partial charge in [-0.15, -0.1) is 0 Å². The molecular formula is C21H23NO. The van der Waals surface area contributed by atoms with Crippen molar-refractivity contribution in [1.29, 1.82) is 0 Å². The summed E-state index contributed by atoms with van der Waals surface area (Å²) in [7, 11) is 0. The van der Waals surface area contributed by atoms with Gasteiger partial charge in [-0.25, -0.2) is 0 Å². The molecule has 1 amide bonds. The van der Waals surface area contributed by atoms with Crippen LogP contribution in [0.1, 0.15) is 55.6 Å². The topological polar surface area (TPSA) is 29.1 Å². The van der Waals surface area contributed by atoms with Crippen molar-refractivity contribution in [2.45, 2.75) is 49.9 Å². The van der Waals surface area contributed by atoms with E-state index in [1.807, 2.05) is 30.3 Å². The van der Waals surface area contributed by atoms with E-state index in [0.29, 0.717) is 0 Å². The lowest BCUT2D eigenvalue weighted by Gasteiger charge is -2.34. The Morgan fingerprint density at radius 1 is 0.913 bits per heavy atom. The summed E-state index contributed by atoms with van der Waals surface area (Å²) in [4.78, 5) is 12.9. The molecule has 1 saturated carbocycles. The number of carbonyl (C=O) groups excluding carboxylic acids is 1. The van der Waals surface area contributed by atoms with Gasteiger partial charge < -0.3 is 5.32 Å². The van der Waals surface area contributed by atoms with Gasteiger partial charge in [0, 0.05) is 5.69 Å². The fourth-order valence-corrected chi connectivity index (χ4v) is 4.58. The highest BCUT2D eigenvalue weighted by atomic mass is 16.1. The molecule has 1 spiro atoms. The molecule has 1 unspecified atom stereocenters. The van der Waals surface area contributed by atoms with E-state index in [2.05, 4.69) is 29.6 Å². The van der Waals surface area contributed by atoms with Crippen molar-refractivity contribution in [2.24, 2.45) is 0 Å². The molecule has 4 rings (SSSR count). The maximum absolute atomic E-state index is 12.9. The third-order valence-corrected chi connectivity index (χ3v) is 5.67. The zero-order valence-corrected chi connectivity index (χ0v) is 13.4. The fourth-order valence-electron chi connectivity index (χ4n) is 4.58. The molecule has 1 atom stereocenters. The number of hydrogen-bond acceptors (Lipinski definition) is 1. The van der Waals surface area contributed by atoms with Gasteiger partial charge in [0.2, 0.25) is 5.91 Å². The molecule has 0 heterocycles. The molecule has 0 aromatic heterocycles. The number of benzene rings is 2. The van der Waals surface area contributed by atoms with Crippen molar-refractivity contribution in [2.75, 3.05) is 5.32 Å². The van der Waals surface area contributed by atoms with E-state index >= 15 is 0 Å². The van der Waals surface area contributed by atoms with Gasteiger partial charge in [-0.05, 0) is 47.9 Å². The lowest BCUT2D eigenvalue weighted by Crippen LogP contribution is -2.28. The van der Waals surface area contributed by atoms with Crippen LogP contribution in [-0.2, 0) is 10.2 Å². The van der Waals surface area contributed by atoms with E-state index in [1.54, 1.807) is 0 Å². The third-order valence-electron chi connectivity index (χ3n) is 5.67. The number of hydrogen-bond donors (Lipinski definition) is 1. The van der Waals surface area contributed by atoms with E-state index in [1.165, 1.54) is 43.2 Å². The fraction of sp³-hybridized carbons (Fsp3) is 0.381. The van der Waals surface area contributed by atoms with Crippen LogP contribution in [0.4, 0.5) is 5.69 Å². The zero-order valence-electron chi connectivity index (χ0n) is 13.4. The van der Waals surface area contributed by atoms with Crippen molar-refractivity contribution in [3.8, 4) is 0 Å². The van der Waals surface area contributed by atoms with E-state index < -0.39 is 0 Å². The normalized spacial score (nSPS) is 21.8. The Kier molecular flexibility index (Phi) is 3.68. The molecule has 23 heavy (non-hydrogen) atoms. The van der Waals surface area contributed by atoms with Crippen LogP contribution in [0.3, 0.4) is 0 Å². The first-order valence-electron chi connectivity index (χ1n) is 8.74. The number of anilines is 1. The van der Waals surface area contributed by atoms with Crippen LogP contribution < -0.4 is 5.32 Å². The molecule has 2 nitrogen and oxygen atoms in total. The van der Waals surface area contributed by atoms with E-state index in [-0.39, 0.29) is 17.2 Å². The minimum atomic E-state index is -0.00972. The van der Waals surface area contributed by atoms with Gasteiger partial charge in [0.25, 0.3) is 0 Å². The van der Waals surface area contributed by atoms with Gasteiger partial charge in [-0.2, -0.15) is 0 Å². The van der Waals surface area contributed by atoms with Crippen LogP contribution in [0.2, 0.25) is 0 Å². The largest absolute Gasteiger partial charge is 0.326 e. The van der Waals surface area contributed by atoms with Crippen molar-refractivity contribution >= 4 is 11.6 Å². The number of rotatable bonds is 2. The van der Waals surface area contributed by atoms with Crippen LogP contribution in [0.15, 0.2) is 54.6 Å². The summed E-state index contributed by atoms with van der Waals surface area (Å²) in [5, 5.41) is 3.11. The molecule has 1 fully saturated rings. The lowest BCUT2D eigenvalue weighted by atomic mass is 9.70. The predicted molar refractivity (Wildman–Crippen MR) is 93.6 cm³/mol. The van der Waals surface area contributed by atoms with Gasteiger partial charge in [0.15, 0.2) is 0 Å². The van der Waals surface area contributed by atoms with Gasteiger partial charge in [-0.3, -0.25) is 4.79 Å². The second-order valence-electron chi connectivity index (χ2n) is 7.04. The van der Waals surface area contributed by atoms with Gasteiger partial charge in [0.05, 0.1) is 5.92 Å². The second-order valence-corrected chi connectivity index (χ2v) is 7.04. The smallest absolute Gasteiger partial charge is 0.231 e. The maximum atomic E-state index is 12.9. The Labute approximate surface area is 137 Å². The number of fused-ring (bicyclic) bond motifs is 2. The molecule has 0 radical (unpaired) electrons. The monoisotopic (exact) mass is 305 g/mol. The number of carbonyl (C=O) groups is 1. The highest BCUT2D eigenvalue weighted by molar-refractivity contribution is 5.96. The standard InChI is InChI=1S/C21H23NO/c23-20(22-16-9-3-1-4-10-16)18-15-21(13-7-2-8-14-21)19-12-6-5-11-17(18)19/h1,3-6,9-12,18H,2,7-8,13-15H2,(H,22,23). The molecule has 2 aliphatic carbocycles. The van der Waals surface area contributed by atoms with Gasteiger partial charge in [-0.1, -0.05) is 61.7 Å². The minimum absolute atomic E-state index is 0.00972. The van der Waals surface area contributed by atoms with Crippen molar-refractivity contribution in [3.63, 3.8) is 0 Å². The van der Waals surface area contributed by atoms with Crippen LogP contribution in [0.25, 0.3) is 0 Å². The van der Waals surface area contributed by atoms with E-state index in [9.17, 15) is 4.79 Å². The Morgan fingerprint density at radius 3 is 2.39 bits per heavy atom. The SMILES string of the molecule is O=C(Nc1ccccc1)C1CC2(CCCCC2)c2ccccc21. The summed E-state index contributed by atoms with van der Waals surface area (Å²) < 4.78 is 0. The molecule has 0 saturated heterocycles. The first-order valence-corrected chi connectivity index (χ1v) is 8.74. The first-order chi connectivity index (χ1) is 11.3. The third kappa shape index (κ3) is 2.56. The summed E-state index contributed by atoms with van der Waals surface area (Å²) in [6, 6.07) is 18.4. The average molecular weight is 305 g/mol. The molecule has 0 aliphatic heterocycles. The molecule has 2 heteroatoms. The van der Waals surface area contributed by atoms with Crippen LogP contribution in [0.5, 0.6) is 0 Å². The second kappa shape index (κ2) is 5.84. The zero-order chi connectivity index (χ0) is 15.7. The maximum Gasteiger partial charge on any atom is 0.231 e. The minimum Gasteiger partial charge on any atom is -0.326 e. The van der Waals surface area contributed by atoms with Crippen molar-refractivity contribution < 1.29 is 4.79 Å². The Morgan fingerprint density at radius 2 is 1.61 bits per heavy atom. The molecule has 0 bridgehead atoms. The van der Waals surface area contributed by atoms with Crippen LogP contribution in [-0.4, -0.2) is 5.91 Å². The highest BCUT2D eigenvalue weighted by Crippen LogP contribution is 2.53. The summed E-state index contributed by atoms with van der Waals surface area (Å²) in [6.45, 7) is 0. The Hall–Kier alpha value is -2.09. The Bertz CT molecular complexity index is 701. The molecule has 1 N–H and O–H groups in total. The van der Waals surface area contributed by atoms with Gasteiger partial charge >= 0.3 is 0 Å². The average Bonchev–Trinajstić information content (AvgIpc) is 2.91. The quantitative estimate of drug-likeness (QED) is 0.829. The van der Waals surface area contributed by atoms with Crippen molar-refractivity contribution in [1.82, 2.24) is 0 Å². The predicted octanol–water partition coefficient (Wildman–Crippen LogP) is 5.01. The van der Waals surface area contributed by atoms with E-state index in [0.717, 1.165) is 12.1 Å². The first kappa shape index (κ1) is 14.5. The number of para-hydroxylation sites is 1. The molecular weight excluding hydrogens is 282 g/mol. The van der Waals surface area contributed by atoms with Crippen LogP contribution >= 0.6 is 0 Å². The summed E-state index contributed by atoms with van der Waals surface area (Å²) >= 11 is 0. The van der Waals surface area contributed by atoms with Gasteiger partial charge in [0.1, 0.15) is 0 Å². The number of amides is 1. The molecule has 118 valence electrons. The highest BCUT2D eigenvalue weighted by Gasteiger charge is 2.46. The molecule has 2 aromatic carbocycles. The number of nitrogens with one attached hydrogen (secondary N) is 1. The van der Waals surface area contributed by atoms with Crippen molar-refractivity contribution in [3.05, 3.63) is 65.7 Å². The van der Waals surface area contributed by atoms with Crippen LogP contribution in [0, 0.1) is 0 Å². The summed E-state index contributed by atoms with van der Waals surface area (Å²) in [5.41, 5.74) is 3.82. The summed E-state index contributed by atoms with van der Waals surface area (Å²) in [5.74, 6) is 0.135. The summed E-state index contributed by atoms with van der Waals surface area (Å²) in [6.07, 6.45) is 7.37. The molecule has 2 aliphatic rings. The van der Waals surface area contributed by atoms with E-state index in [4.69, 9.17) is 0 Å². The Balaban J connectivity index is 1.64.